The Bertz CT molecular complexity index is 618. The highest BCUT2D eigenvalue weighted by Gasteiger charge is 2.33. The highest BCUT2D eigenvalue weighted by molar-refractivity contribution is 5.41. The number of phenolic OH excluding ortho intramolecular Hbond substituents is 2. The van der Waals surface area contributed by atoms with E-state index in [1.807, 2.05) is 12.1 Å². The van der Waals surface area contributed by atoms with Crippen LogP contribution in [0.25, 0.3) is 0 Å². The summed E-state index contributed by atoms with van der Waals surface area (Å²) in [5.41, 5.74) is 5.39. The van der Waals surface area contributed by atoms with E-state index in [1.165, 1.54) is 22.3 Å². The summed E-state index contributed by atoms with van der Waals surface area (Å²) in [6, 6.07) is 11.6. The van der Waals surface area contributed by atoms with Crippen molar-refractivity contribution in [3.05, 3.63) is 58.7 Å². The maximum atomic E-state index is 9.65. The predicted molar refractivity (Wildman–Crippen MR) is 78.0 cm³/mol. The zero-order valence-electron chi connectivity index (χ0n) is 11.3. The number of hydrogen-bond acceptors (Lipinski definition) is 2. The lowest BCUT2D eigenvalue weighted by molar-refractivity contribution is 0.285. The molecule has 0 saturated carbocycles. The van der Waals surface area contributed by atoms with E-state index in [4.69, 9.17) is 0 Å². The van der Waals surface area contributed by atoms with Gasteiger partial charge in [0.05, 0.1) is 0 Å². The predicted octanol–water partition coefficient (Wildman–Crippen LogP) is 3.23. The smallest absolute Gasteiger partial charge is 0.115 e. The molecule has 0 atom stereocenters. The molecule has 4 rings (SSSR count). The quantitative estimate of drug-likeness (QED) is 0.768. The number of aromatic hydroxyl groups is 2. The van der Waals surface area contributed by atoms with Crippen molar-refractivity contribution in [3.63, 3.8) is 0 Å². The van der Waals surface area contributed by atoms with Gasteiger partial charge in [-0.05, 0) is 84.0 Å². The van der Waals surface area contributed by atoms with E-state index in [0.717, 1.165) is 25.7 Å². The van der Waals surface area contributed by atoms with Crippen molar-refractivity contribution in [2.75, 3.05) is 0 Å². The Kier molecular flexibility index (Phi) is 2.53. The molecule has 2 aromatic carbocycles. The molecular weight excluding hydrogens is 248 g/mol. The third-order valence-corrected chi connectivity index (χ3v) is 4.97. The van der Waals surface area contributed by atoms with E-state index in [2.05, 4.69) is 12.1 Å². The first-order chi connectivity index (χ1) is 9.69. The van der Waals surface area contributed by atoms with Gasteiger partial charge in [0.2, 0.25) is 0 Å². The molecule has 0 bridgehead atoms. The number of rotatable bonds is 0. The van der Waals surface area contributed by atoms with Crippen LogP contribution in [0.15, 0.2) is 36.4 Å². The maximum absolute atomic E-state index is 9.65. The molecule has 0 fully saturated rings. The highest BCUT2D eigenvalue weighted by Crippen LogP contribution is 2.40. The van der Waals surface area contributed by atoms with Crippen molar-refractivity contribution in [2.24, 2.45) is 11.8 Å². The summed E-state index contributed by atoms with van der Waals surface area (Å²) >= 11 is 0. The first kappa shape index (κ1) is 11.8. The topological polar surface area (TPSA) is 40.5 Å². The molecule has 102 valence electrons. The zero-order valence-corrected chi connectivity index (χ0v) is 11.3. The lowest BCUT2D eigenvalue weighted by atomic mass is 9.67. The van der Waals surface area contributed by atoms with E-state index in [-0.39, 0.29) is 0 Å². The monoisotopic (exact) mass is 266 g/mol. The van der Waals surface area contributed by atoms with Gasteiger partial charge in [-0.3, -0.25) is 0 Å². The maximum Gasteiger partial charge on any atom is 0.115 e. The van der Waals surface area contributed by atoms with E-state index in [1.54, 1.807) is 12.1 Å². The second kappa shape index (κ2) is 4.27. The first-order valence-electron chi connectivity index (χ1n) is 7.30. The van der Waals surface area contributed by atoms with Crippen LogP contribution < -0.4 is 0 Å². The minimum Gasteiger partial charge on any atom is -0.508 e. The van der Waals surface area contributed by atoms with Crippen LogP contribution in [0.3, 0.4) is 0 Å². The minimum absolute atomic E-state index is 0.371. The molecule has 2 heteroatoms. The third kappa shape index (κ3) is 1.87. The SMILES string of the molecule is Oc1ccc2c(c1)CC1Cc3cc(O)ccc3CC1C2. The molecule has 0 aliphatic heterocycles. The van der Waals surface area contributed by atoms with Crippen molar-refractivity contribution in [2.45, 2.75) is 25.7 Å². The summed E-state index contributed by atoms with van der Waals surface area (Å²) < 4.78 is 0. The van der Waals surface area contributed by atoms with Gasteiger partial charge in [-0.25, -0.2) is 0 Å². The van der Waals surface area contributed by atoms with E-state index in [9.17, 15) is 10.2 Å². The van der Waals surface area contributed by atoms with Crippen LogP contribution >= 0.6 is 0 Å². The second-order valence-electron chi connectivity index (χ2n) is 6.24. The van der Waals surface area contributed by atoms with Crippen LogP contribution in [-0.2, 0) is 25.7 Å². The summed E-state index contributed by atoms with van der Waals surface area (Å²) in [6.45, 7) is 0. The van der Waals surface area contributed by atoms with Crippen LogP contribution in [0.1, 0.15) is 22.3 Å². The summed E-state index contributed by atoms with van der Waals surface area (Å²) in [6.07, 6.45) is 4.31. The van der Waals surface area contributed by atoms with Crippen LogP contribution in [-0.4, -0.2) is 10.2 Å². The zero-order chi connectivity index (χ0) is 13.7. The molecule has 2 aliphatic carbocycles. The minimum atomic E-state index is 0.371. The molecular formula is C18H18O2. The molecule has 0 unspecified atom stereocenters. The lowest BCUT2D eigenvalue weighted by Crippen LogP contribution is -2.32. The summed E-state index contributed by atoms with van der Waals surface area (Å²) in [7, 11) is 0. The molecule has 2 nitrogen and oxygen atoms in total. The largest absolute Gasteiger partial charge is 0.508 e. The average molecular weight is 266 g/mol. The second-order valence-corrected chi connectivity index (χ2v) is 6.24. The Morgan fingerprint density at radius 2 is 1.00 bits per heavy atom. The number of fused-ring (bicyclic) bond motifs is 3. The summed E-state index contributed by atoms with van der Waals surface area (Å²) in [5.74, 6) is 2.08. The van der Waals surface area contributed by atoms with Crippen molar-refractivity contribution in [1.29, 1.82) is 0 Å². The highest BCUT2D eigenvalue weighted by atomic mass is 16.3. The number of phenols is 2. The van der Waals surface area contributed by atoms with Gasteiger partial charge in [-0.15, -0.1) is 0 Å². The van der Waals surface area contributed by atoms with Crippen LogP contribution in [0.4, 0.5) is 0 Å². The molecule has 0 radical (unpaired) electrons. The number of hydrogen-bond donors (Lipinski definition) is 2. The molecule has 0 aromatic heterocycles. The van der Waals surface area contributed by atoms with Gasteiger partial charge in [0, 0.05) is 0 Å². The molecule has 20 heavy (non-hydrogen) atoms. The van der Waals surface area contributed by atoms with E-state index >= 15 is 0 Å². The van der Waals surface area contributed by atoms with E-state index in [0.29, 0.717) is 23.3 Å². The fourth-order valence-electron chi connectivity index (χ4n) is 3.94. The van der Waals surface area contributed by atoms with Crippen LogP contribution in [0.2, 0.25) is 0 Å². The molecule has 0 spiro atoms. The van der Waals surface area contributed by atoms with E-state index < -0.39 is 0 Å². The van der Waals surface area contributed by atoms with Gasteiger partial charge in [-0.2, -0.15) is 0 Å². The molecule has 2 N–H and O–H groups in total. The Balaban J connectivity index is 1.68. The van der Waals surface area contributed by atoms with Gasteiger partial charge in [-0.1, -0.05) is 12.1 Å². The first-order valence-corrected chi connectivity index (χ1v) is 7.30. The van der Waals surface area contributed by atoms with Crippen LogP contribution in [0, 0.1) is 11.8 Å². The Morgan fingerprint density at radius 1 is 0.600 bits per heavy atom. The van der Waals surface area contributed by atoms with Crippen LogP contribution in [0.5, 0.6) is 11.5 Å². The van der Waals surface area contributed by atoms with Gasteiger partial charge >= 0.3 is 0 Å². The standard InChI is InChI=1S/C18H18O2/c19-17-3-1-11-5-13-6-12-2-4-18(20)10-16(12)8-14(13)7-15(11)9-17/h1-4,9-10,13-14,19-20H,5-8H2. The Hall–Kier alpha value is -1.96. The average Bonchev–Trinajstić information content (AvgIpc) is 2.43. The molecule has 0 heterocycles. The van der Waals surface area contributed by atoms with Gasteiger partial charge < -0.3 is 10.2 Å². The molecule has 0 amide bonds. The van der Waals surface area contributed by atoms with Crippen molar-refractivity contribution in [1.82, 2.24) is 0 Å². The Labute approximate surface area is 118 Å². The molecule has 0 saturated heterocycles. The van der Waals surface area contributed by atoms with Gasteiger partial charge in [0.25, 0.3) is 0 Å². The van der Waals surface area contributed by atoms with Crippen molar-refractivity contribution < 1.29 is 10.2 Å². The Morgan fingerprint density at radius 3 is 1.45 bits per heavy atom. The molecule has 2 aliphatic rings. The lowest BCUT2D eigenvalue weighted by Gasteiger charge is -2.37. The molecule has 2 aromatic rings. The van der Waals surface area contributed by atoms with Crippen molar-refractivity contribution in [3.8, 4) is 11.5 Å². The normalized spacial score (nSPS) is 23.6. The number of benzene rings is 2. The van der Waals surface area contributed by atoms with Gasteiger partial charge in [0.1, 0.15) is 11.5 Å². The van der Waals surface area contributed by atoms with Gasteiger partial charge in [0.15, 0.2) is 0 Å². The van der Waals surface area contributed by atoms with Crippen molar-refractivity contribution >= 4 is 0 Å². The fraction of sp³-hybridized carbons (Fsp3) is 0.333. The third-order valence-electron chi connectivity index (χ3n) is 4.97. The summed E-state index contributed by atoms with van der Waals surface area (Å²) in [4.78, 5) is 0. The fourth-order valence-corrected chi connectivity index (χ4v) is 3.94. The summed E-state index contributed by atoms with van der Waals surface area (Å²) in [5, 5.41) is 19.3.